The Labute approximate surface area is 129 Å². The van der Waals surface area contributed by atoms with Crippen molar-refractivity contribution < 1.29 is 9.53 Å². The average Bonchev–Trinajstić information content (AvgIpc) is 2.86. The predicted octanol–water partition coefficient (Wildman–Crippen LogP) is 2.66. The van der Waals surface area contributed by atoms with Gasteiger partial charge in [0.25, 0.3) is 0 Å². The lowest BCUT2D eigenvalue weighted by atomic mass is 10.2. The smallest absolute Gasteiger partial charge is 0.242 e. The largest absolute Gasteiger partial charge is 0.383 e. The Morgan fingerprint density at radius 1 is 1.43 bits per heavy atom. The number of methoxy groups -OCH3 is 1. The molecule has 0 saturated carbocycles. The first kappa shape index (κ1) is 15.8. The van der Waals surface area contributed by atoms with E-state index in [1.165, 1.54) is 0 Å². The van der Waals surface area contributed by atoms with Crippen LogP contribution < -0.4 is 5.32 Å². The van der Waals surface area contributed by atoms with Gasteiger partial charge in [-0.3, -0.25) is 4.79 Å². The van der Waals surface area contributed by atoms with Gasteiger partial charge in [0, 0.05) is 13.7 Å². The number of alkyl halides is 1. The van der Waals surface area contributed by atoms with Crippen molar-refractivity contribution in [2.24, 2.45) is 0 Å². The van der Waals surface area contributed by atoms with E-state index in [0.29, 0.717) is 19.0 Å². The normalized spacial score (nSPS) is 14.1. The Kier molecular flexibility index (Phi) is 5.20. The van der Waals surface area contributed by atoms with Crippen molar-refractivity contribution in [3.05, 3.63) is 30.1 Å². The second-order valence-electron chi connectivity index (χ2n) is 4.90. The van der Waals surface area contributed by atoms with Crippen molar-refractivity contribution in [3.63, 3.8) is 0 Å². The number of carbonyl (C=O) groups excluding carboxylic acids is 1. The monoisotopic (exact) mass is 309 g/mol. The lowest BCUT2D eigenvalue weighted by Crippen LogP contribution is -2.33. The van der Waals surface area contributed by atoms with Crippen LogP contribution in [0.25, 0.3) is 11.0 Å². The highest BCUT2D eigenvalue weighted by atomic mass is 35.5. The summed E-state index contributed by atoms with van der Waals surface area (Å²) in [6, 6.07) is 7.34. The van der Waals surface area contributed by atoms with Crippen LogP contribution >= 0.6 is 11.6 Å². The van der Waals surface area contributed by atoms with Crippen LogP contribution in [-0.4, -0.2) is 35.7 Å². The number of para-hydroxylation sites is 2. The van der Waals surface area contributed by atoms with Gasteiger partial charge in [0.05, 0.1) is 23.0 Å². The number of amides is 1. The summed E-state index contributed by atoms with van der Waals surface area (Å²) >= 11 is 6.22. The summed E-state index contributed by atoms with van der Waals surface area (Å²) in [7, 11) is 1.60. The summed E-state index contributed by atoms with van der Waals surface area (Å²) in [6.07, 6.45) is 0. The van der Waals surface area contributed by atoms with Gasteiger partial charge in [0.1, 0.15) is 11.9 Å². The molecule has 1 aromatic carbocycles. The number of aromatic nitrogens is 2. The minimum atomic E-state index is -0.384. The topological polar surface area (TPSA) is 56.1 Å². The Morgan fingerprint density at radius 3 is 2.81 bits per heavy atom. The summed E-state index contributed by atoms with van der Waals surface area (Å²) in [4.78, 5) is 16.8. The third-order valence-electron chi connectivity index (χ3n) is 3.35. The summed E-state index contributed by atoms with van der Waals surface area (Å²) in [5.74, 6) is 0.626. The molecule has 6 heteroatoms. The number of hydrogen-bond acceptors (Lipinski definition) is 3. The van der Waals surface area contributed by atoms with E-state index in [1.807, 2.05) is 42.7 Å². The highest BCUT2D eigenvalue weighted by Crippen LogP contribution is 2.27. The molecule has 0 radical (unpaired) electrons. The number of benzene rings is 1. The number of carbonyl (C=O) groups is 1. The lowest BCUT2D eigenvalue weighted by molar-refractivity contribution is -0.124. The molecule has 114 valence electrons. The van der Waals surface area contributed by atoms with Gasteiger partial charge in [-0.1, -0.05) is 12.1 Å². The molecule has 0 fully saturated rings. The van der Waals surface area contributed by atoms with Crippen molar-refractivity contribution in [1.29, 1.82) is 0 Å². The zero-order valence-electron chi connectivity index (χ0n) is 12.5. The molecule has 2 rings (SSSR count). The predicted molar refractivity (Wildman–Crippen MR) is 83.6 cm³/mol. The maximum atomic E-state index is 12.3. The van der Waals surface area contributed by atoms with Gasteiger partial charge in [-0.2, -0.15) is 0 Å². The zero-order valence-corrected chi connectivity index (χ0v) is 13.2. The standard InChI is InChI=1S/C15H20ClN3O2/c1-10(16)14-18-12-6-4-5-7-13(12)19(14)11(2)15(20)17-8-9-21-3/h4-7,10-11H,8-9H2,1-3H3,(H,17,20). The number of nitrogens with zero attached hydrogens (tertiary/aromatic N) is 2. The number of ether oxygens (including phenoxy) is 1. The number of hydrogen-bond donors (Lipinski definition) is 1. The Bertz CT molecular complexity index is 624. The molecule has 1 amide bonds. The summed E-state index contributed by atoms with van der Waals surface area (Å²) in [5.41, 5.74) is 1.76. The summed E-state index contributed by atoms with van der Waals surface area (Å²) < 4.78 is 6.84. The first-order valence-electron chi connectivity index (χ1n) is 6.93. The van der Waals surface area contributed by atoms with Crippen LogP contribution in [0, 0.1) is 0 Å². The highest BCUT2D eigenvalue weighted by molar-refractivity contribution is 6.20. The van der Waals surface area contributed by atoms with Gasteiger partial charge < -0.3 is 14.6 Å². The molecule has 1 aromatic heterocycles. The van der Waals surface area contributed by atoms with Crippen LogP contribution in [0.3, 0.4) is 0 Å². The number of imidazole rings is 1. The molecule has 0 aliphatic carbocycles. The van der Waals surface area contributed by atoms with Gasteiger partial charge in [0.15, 0.2) is 0 Å². The second-order valence-corrected chi connectivity index (χ2v) is 5.56. The maximum absolute atomic E-state index is 12.3. The third-order valence-corrected chi connectivity index (χ3v) is 3.55. The molecule has 0 saturated heterocycles. The Hall–Kier alpha value is -1.59. The van der Waals surface area contributed by atoms with E-state index >= 15 is 0 Å². The first-order valence-corrected chi connectivity index (χ1v) is 7.37. The summed E-state index contributed by atoms with van der Waals surface area (Å²) in [5, 5.41) is 2.58. The van der Waals surface area contributed by atoms with Gasteiger partial charge >= 0.3 is 0 Å². The minimum absolute atomic E-state index is 0.0752. The van der Waals surface area contributed by atoms with Gasteiger partial charge in [-0.05, 0) is 26.0 Å². The zero-order chi connectivity index (χ0) is 15.4. The number of halogens is 1. The van der Waals surface area contributed by atoms with Gasteiger partial charge in [-0.25, -0.2) is 4.98 Å². The molecule has 0 bridgehead atoms. The van der Waals surface area contributed by atoms with E-state index in [9.17, 15) is 4.79 Å². The van der Waals surface area contributed by atoms with Crippen molar-refractivity contribution in [1.82, 2.24) is 14.9 Å². The van der Waals surface area contributed by atoms with Gasteiger partial charge in [0.2, 0.25) is 5.91 Å². The molecule has 1 N–H and O–H groups in total. The molecule has 2 atom stereocenters. The maximum Gasteiger partial charge on any atom is 0.242 e. The fourth-order valence-electron chi connectivity index (χ4n) is 2.29. The average molecular weight is 310 g/mol. The van der Waals surface area contributed by atoms with Crippen LogP contribution in [0.1, 0.15) is 31.1 Å². The molecule has 2 unspecified atom stereocenters. The molecular weight excluding hydrogens is 290 g/mol. The third kappa shape index (κ3) is 3.36. The SMILES string of the molecule is COCCNC(=O)C(C)n1c(C(C)Cl)nc2ccccc21. The van der Waals surface area contributed by atoms with E-state index < -0.39 is 0 Å². The number of fused-ring (bicyclic) bond motifs is 1. The summed E-state index contributed by atoms with van der Waals surface area (Å²) in [6.45, 7) is 4.67. The van der Waals surface area contributed by atoms with Crippen LogP contribution in [0.4, 0.5) is 0 Å². The van der Waals surface area contributed by atoms with Crippen molar-refractivity contribution in [2.45, 2.75) is 25.3 Å². The van der Waals surface area contributed by atoms with Crippen LogP contribution in [0.5, 0.6) is 0 Å². The fraction of sp³-hybridized carbons (Fsp3) is 0.467. The first-order chi connectivity index (χ1) is 10.1. The molecule has 0 spiro atoms. The molecule has 0 aliphatic heterocycles. The van der Waals surface area contributed by atoms with E-state index in [1.54, 1.807) is 7.11 Å². The Balaban J connectivity index is 2.34. The number of rotatable bonds is 6. The Morgan fingerprint density at radius 2 is 2.14 bits per heavy atom. The molecule has 5 nitrogen and oxygen atoms in total. The van der Waals surface area contributed by atoms with Crippen molar-refractivity contribution >= 4 is 28.5 Å². The van der Waals surface area contributed by atoms with Crippen molar-refractivity contribution in [2.75, 3.05) is 20.3 Å². The quantitative estimate of drug-likeness (QED) is 0.659. The van der Waals surface area contributed by atoms with Crippen LogP contribution in [0.2, 0.25) is 0 Å². The van der Waals surface area contributed by atoms with Gasteiger partial charge in [-0.15, -0.1) is 11.6 Å². The number of nitrogens with one attached hydrogen (secondary N) is 1. The van der Waals surface area contributed by atoms with Crippen LogP contribution in [0.15, 0.2) is 24.3 Å². The lowest BCUT2D eigenvalue weighted by Gasteiger charge is -2.18. The highest BCUT2D eigenvalue weighted by Gasteiger charge is 2.23. The van der Waals surface area contributed by atoms with Crippen molar-refractivity contribution in [3.8, 4) is 0 Å². The molecular formula is C15H20ClN3O2. The minimum Gasteiger partial charge on any atom is -0.383 e. The van der Waals surface area contributed by atoms with E-state index in [0.717, 1.165) is 11.0 Å². The molecule has 21 heavy (non-hydrogen) atoms. The molecule has 2 aromatic rings. The molecule has 1 heterocycles. The van der Waals surface area contributed by atoms with Crippen LogP contribution in [-0.2, 0) is 9.53 Å². The molecule has 0 aliphatic rings. The van der Waals surface area contributed by atoms with E-state index in [2.05, 4.69) is 10.3 Å². The van der Waals surface area contributed by atoms with E-state index in [4.69, 9.17) is 16.3 Å². The fourth-order valence-corrected chi connectivity index (χ4v) is 2.45. The van der Waals surface area contributed by atoms with E-state index in [-0.39, 0.29) is 17.3 Å². The second kappa shape index (κ2) is 6.91.